The summed E-state index contributed by atoms with van der Waals surface area (Å²) in [5.41, 5.74) is 1.58. The molecule has 1 heterocycles. The molecule has 0 fully saturated rings. The van der Waals surface area contributed by atoms with Crippen molar-refractivity contribution in [3.05, 3.63) is 30.0 Å². The summed E-state index contributed by atoms with van der Waals surface area (Å²) < 4.78 is 4.66. The molecule has 1 aromatic heterocycles. The van der Waals surface area contributed by atoms with Gasteiger partial charge in [-0.15, -0.1) is 0 Å². The lowest BCUT2D eigenvalue weighted by molar-refractivity contribution is 0.0652. The van der Waals surface area contributed by atoms with Crippen LogP contribution in [0.5, 0.6) is 5.75 Å². The first-order valence-corrected chi connectivity index (χ1v) is 5.20. The first-order valence-electron chi connectivity index (χ1n) is 5.20. The van der Waals surface area contributed by atoms with Crippen molar-refractivity contribution in [1.82, 2.24) is 5.16 Å². The van der Waals surface area contributed by atoms with Crippen LogP contribution in [0.3, 0.4) is 0 Å². The molecule has 2 N–H and O–H groups in total. The van der Waals surface area contributed by atoms with Gasteiger partial charge in [-0.1, -0.05) is 5.16 Å². The average molecular weight is 248 g/mol. The number of hydrogen-bond acceptors (Lipinski definition) is 5. The van der Waals surface area contributed by atoms with Gasteiger partial charge in [0.2, 0.25) is 5.76 Å². The van der Waals surface area contributed by atoms with E-state index in [9.17, 15) is 9.90 Å². The van der Waals surface area contributed by atoms with Gasteiger partial charge in [-0.05, 0) is 18.2 Å². The number of hydrogen-bond donors (Lipinski definition) is 2. The highest BCUT2D eigenvalue weighted by Gasteiger charge is 2.15. The Kier molecular flexibility index (Phi) is 2.93. The fourth-order valence-corrected chi connectivity index (χ4v) is 1.51. The monoisotopic (exact) mass is 248 g/mol. The average Bonchev–Trinajstić information content (AvgIpc) is 2.78. The minimum Gasteiger partial charge on any atom is -0.507 e. The Labute approximate surface area is 103 Å². The van der Waals surface area contributed by atoms with E-state index in [1.807, 2.05) is 19.0 Å². The molecule has 6 nitrogen and oxygen atoms in total. The highest BCUT2D eigenvalue weighted by atomic mass is 16.5. The van der Waals surface area contributed by atoms with Crippen LogP contribution < -0.4 is 4.90 Å². The normalized spacial score (nSPS) is 10.3. The van der Waals surface area contributed by atoms with Crippen LogP contribution in [0.15, 0.2) is 28.8 Å². The van der Waals surface area contributed by atoms with E-state index in [-0.39, 0.29) is 17.2 Å². The first-order chi connectivity index (χ1) is 8.49. The van der Waals surface area contributed by atoms with Crippen LogP contribution in [-0.2, 0) is 0 Å². The predicted molar refractivity (Wildman–Crippen MR) is 64.9 cm³/mol. The van der Waals surface area contributed by atoms with Crippen LogP contribution in [0.4, 0.5) is 5.69 Å². The highest BCUT2D eigenvalue weighted by molar-refractivity contribution is 5.86. The molecule has 0 aliphatic rings. The van der Waals surface area contributed by atoms with Crippen LogP contribution in [0.1, 0.15) is 10.6 Å². The van der Waals surface area contributed by atoms with Crippen LogP contribution in [0.2, 0.25) is 0 Å². The lowest BCUT2D eigenvalue weighted by Crippen LogP contribution is -2.08. The summed E-state index contributed by atoms with van der Waals surface area (Å²) in [6, 6.07) is 6.26. The molecule has 0 saturated carbocycles. The van der Waals surface area contributed by atoms with Crippen molar-refractivity contribution >= 4 is 11.7 Å². The molecule has 6 heteroatoms. The summed E-state index contributed by atoms with van der Waals surface area (Å²) in [5, 5.41) is 22.2. The molecular formula is C12H12N2O4. The fourth-order valence-electron chi connectivity index (χ4n) is 1.51. The molecular weight excluding hydrogens is 236 g/mol. The number of aromatic nitrogens is 1. The summed E-state index contributed by atoms with van der Waals surface area (Å²) in [5.74, 6) is -1.44. The standard InChI is InChI=1S/C12H12N2O4/c1-14(2)7-3-4-10(15)8(5-7)9-6-11(12(16)17)18-13-9/h3-6,15H,1-2H3,(H,16,17). The maximum atomic E-state index is 10.7. The Hall–Kier alpha value is -2.50. The fraction of sp³-hybridized carbons (Fsp3) is 0.167. The maximum absolute atomic E-state index is 10.7. The number of benzene rings is 1. The largest absolute Gasteiger partial charge is 0.507 e. The second-order valence-corrected chi connectivity index (χ2v) is 3.98. The number of carboxylic acids is 1. The molecule has 0 unspecified atom stereocenters. The Balaban J connectivity index is 2.48. The van der Waals surface area contributed by atoms with E-state index >= 15 is 0 Å². The third-order valence-electron chi connectivity index (χ3n) is 2.49. The summed E-state index contributed by atoms with van der Waals surface area (Å²) in [6.45, 7) is 0. The molecule has 0 radical (unpaired) electrons. The second-order valence-electron chi connectivity index (χ2n) is 3.98. The Bertz CT molecular complexity index is 590. The number of aromatic carboxylic acids is 1. The number of rotatable bonds is 3. The van der Waals surface area contributed by atoms with Gasteiger partial charge in [-0.25, -0.2) is 4.79 Å². The number of anilines is 1. The van der Waals surface area contributed by atoms with Gasteiger partial charge in [0.25, 0.3) is 0 Å². The minimum absolute atomic E-state index is 0.0193. The van der Waals surface area contributed by atoms with Gasteiger partial charge in [-0.3, -0.25) is 0 Å². The van der Waals surface area contributed by atoms with Crippen LogP contribution in [0.25, 0.3) is 11.3 Å². The van der Waals surface area contributed by atoms with Gasteiger partial charge in [-0.2, -0.15) is 0 Å². The Morgan fingerprint density at radius 1 is 1.33 bits per heavy atom. The molecule has 0 amide bonds. The second kappa shape index (κ2) is 4.40. The van der Waals surface area contributed by atoms with E-state index in [2.05, 4.69) is 9.68 Å². The summed E-state index contributed by atoms with van der Waals surface area (Å²) >= 11 is 0. The molecule has 2 aromatic rings. The van der Waals surface area contributed by atoms with E-state index in [4.69, 9.17) is 5.11 Å². The molecule has 0 aliphatic heterocycles. The van der Waals surface area contributed by atoms with Crippen molar-refractivity contribution in [3.63, 3.8) is 0 Å². The van der Waals surface area contributed by atoms with Crippen LogP contribution in [-0.4, -0.2) is 35.4 Å². The smallest absolute Gasteiger partial charge is 0.374 e. The molecule has 0 atom stereocenters. The Morgan fingerprint density at radius 3 is 2.61 bits per heavy atom. The van der Waals surface area contributed by atoms with Crippen LogP contribution in [0, 0.1) is 0 Å². The summed E-state index contributed by atoms with van der Waals surface area (Å²) in [6.07, 6.45) is 0. The van der Waals surface area contributed by atoms with E-state index in [1.54, 1.807) is 12.1 Å². The summed E-state index contributed by atoms with van der Waals surface area (Å²) in [4.78, 5) is 12.6. The van der Waals surface area contributed by atoms with Crippen molar-refractivity contribution in [1.29, 1.82) is 0 Å². The molecule has 94 valence electrons. The predicted octanol–water partition coefficient (Wildman–Crippen LogP) is 1.81. The van der Waals surface area contributed by atoms with Gasteiger partial charge in [0.15, 0.2) is 0 Å². The van der Waals surface area contributed by atoms with E-state index in [0.29, 0.717) is 5.56 Å². The molecule has 0 saturated heterocycles. The van der Waals surface area contributed by atoms with E-state index in [1.165, 1.54) is 12.1 Å². The molecule has 1 aromatic carbocycles. The van der Waals surface area contributed by atoms with E-state index in [0.717, 1.165) is 5.69 Å². The number of nitrogens with zero attached hydrogens (tertiary/aromatic N) is 2. The SMILES string of the molecule is CN(C)c1ccc(O)c(-c2cc(C(=O)O)on2)c1. The topological polar surface area (TPSA) is 86.8 Å². The van der Waals surface area contributed by atoms with Crippen molar-refractivity contribution in [2.24, 2.45) is 0 Å². The number of carbonyl (C=O) groups is 1. The molecule has 2 rings (SSSR count). The van der Waals surface area contributed by atoms with Gasteiger partial charge in [0.1, 0.15) is 11.4 Å². The van der Waals surface area contributed by atoms with Gasteiger partial charge < -0.3 is 19.6 Å². The third kappa shape index (κ3) is 2.13. The minimum atomic E-state index is -1.20. The van der Waals surface area contributed by atoms with E-state index < -0.39 is 5.97 Å². The zero-order chi connectivity index (χ0) is 13.3. The molecule has 0 aliphatic carbocycles. The third-order valence-corrected chi connectivity index (χ3v) is 2.49. The number of aromatic hydroxyl groups is 1. The zero-order valence-electron chi connectivity index (χ0n) is 9.91. The summed E-state index contributed by atoms with van der Waals surface area (Å²) in [7, 11) is 3.73. The van der Waals surface area contributed by atoms with Crippen LogP contribution >= 0.6 is 0 Å². The van der Waals surface area contributed by atoms with Crippen molar-refractivity contribution in [2.75, 3.05) is 19.0 Å². The number of phenolic OH excluding ortho intramolecular Hbond substituents is 1. The van der Waals surface area contributed by atoms with Crippen molar-refractivity contribution < 1.29 is 19.5 Å². The molecule has 18 heavy (non-hydrogen) atoms. The van der Waals surface area contributed by atoms with Gasteiger partial charge >= 0.3 is 5.97 Å². The lowest BCUT2D eigenvalue weighted by Gasteiger charge is -2.13. The molecule has 0 bridgehead atoms. The molecule has 0 spiro atoms. The van der Waals surface area contributed by atoms with Gasteiger partial charge in [0, 0.05) is 31.4 Å². The lowest BCUT2D eigenvalue weighted by atomic mass is 10.1. The highest BCUT2D eigenvalue weighted by Crippen LogP contribution is 2.32. The quantitative estimate of drug-likeness (QED) is 0.861. The first kappa shape index (κ1) is 12.0. The Morgan fingerprint density at radius 2 is 2.06 bits per heavy atom. The van der Waals surface area contributed by atoms with Crippen molar-refractivity contribution in [2.45, 2.75) is 0 Å². The number of carboxylic acid groups (broad SMARTS) is 1. The van der Waals surface area contributed by atoms with Gasteiger partial charge in [0.05, 0.1) is 0 Å². The zero-order valence-corrected chi connectivity index (χ0v) is 9.91. The maximum Gasteiger partial charge on any atom is 0.374 e. The van der Waals surface area contributed by atoms with Crippen molar-refractivity contribution in [3.8, 4) is 17.0 Å². The number of phenols is 1.